The van der Waals surface area contributed by atoms with Crippen molar-refractivity contribution in [2.24, 2.45) is 0 Å². The zero-order valence-corrected chi connectivity index (χ0v) is 13.0. The Bertz CT molecular complexity index is 791. The average molecular weight is 334 g/mol. The number of hydrogen-bond donors (Lipinski definition) is 1. The van der Waals surface area contributed by atoms with Crippen LogP contribution in [0.15, 0.2) is 42.5 Å². The van der Waals surface area contributed by atoms with Gasteiger partial charge in [0, 0.05) is 17.1 Å². The Morgan fingerprint density at radius 2 is 1.96 bits per heavy atom. The Hall–Kier alpha value is -2.40. The standard InChI is InChI=1S/C17H13ClFNO3/c1-17(16(22)20-13-5-3-12(19)4-6-13)9-10-8-11(18)2-7-14(10)15(21)23-17/h2-8H,9H2,1H3,(H,20,22). The third-order valence-electron chi connectivity index (χ3n) is 3.72. The van der Waals surface area contributed by atoms with Crippen LogP contribution in [0, 0.1) is 5.82 Å². The lowest BCUT2D eigenvalue weighted by Gasteiger charge is -2.33. The number of hydrogen-bond acceptors (Lipinski definition) is 3. The summed E-state index contributed by atoms with van der Waals surface area (Å²) < 4.78 is 18.2. The maximum absolute atomic E-state index is 12.9. The third-order valence-corrected chi connectivity index (χ3v) is 3.95. The van der Waals surface area contributed by atoms with E-state index in [1.807, 2.05) is 0 Å². The number of rotatable bonds is 2. The Labute approximate surface area is 137 Å². The van der Waals surface area contributed by atoms with E-state index in [9.17, 15) is 14.0 Å². The van der Waals surface area contributed by atoms with E-state index < -0.39 is 23.3 Å². The predicted molar refractivity (Wildman–Crippen MR) is 84.0 cm³/mol. The molecule has 1 N–H and O–H groups in total. The number of anilines is 1. The van der Waals surface area contributed by atoms with Gasteiger partial charge in [-0.05, 0) is 55.0 Å². The quantitative estimate of drug-likeness (QED) is 0.854. The lowest BCUT2D eigenvalue weighted by atomic mass is 9.89. The second-order valence-corrected chi connectivity index (χ2v) is 6.00. The number of ether oxygens (including phenoxy) is 1. The van der Waals surface area contributed by atoms with Crippen molar-refractivity contribution in [2.45, 2.75) is 18.9 Å². The zero-order valence-electron chi connectivity index (χ0n) is 12.2. The van der Waals surface area contributed by atoms with Gasteiger partial charge < -0.3 is 10.1 Å². The monoisotopic (exact) mass is 333 g/mol. The largest absolute Gasteiger partial charge is 0.445 e. The summed E-state index contributed by atoms with van der Waals surface area (Å²) in [5, 5.41) is 3.12. The Morgan fingerprint density at radius 1 is 1.26 bits per heavy atom. The van der Waals surface area contributed by atoms with Crippen LogP contribution in [0.5, 0.6) is 0 Å². The molecule has 0 bridgehead atoms. The molecule has 1 amide bonds. The van der Waals surface area contributed by atoms with Crippen molar-refractivity contribution in [1.29, 1.82) is 0 Å². The molecule has 23 heavy (non-hydrogen) atoms. The van der Waals surface area contributed by atoms with Crippen molar-refractivity contribution < 1.29 is 18.7 Å². The van der Waals surface area contributed by atoms with Gasteiger partial charge in [-0.1, -0.05) is 11.6 Å². The van der Waals surface area contributed by atoms with Gasteiger partial charge in [0.15, 0.2) is 5.60 Å². The number of cyclic esters (lactones) is 1. The van der Waals surface area contributed by atoms with E-state index in [1.165, 1.54) is 31.2 Å². The number of esters is 1. The van der Waals surface area contributed by atoms with Crippen molar-refractivity contribution in [1.82, 2.24) is 0 Å². The summed E-state index contributed by atoms with van der Waals surface area (Å²) in [5.41, 5.74) is 0.126. The summed E-state index contributed by atoms with van der Waals surface area (Å²) in [7, 11) is 0. The van der Waals surface area contributed by atoms with Gasteiger partial charge >= 0.3 is 5.97 Å². The number of amides is 1. The molecule has 0 aliphatic carbocycles. The van der Waals surface area contributed by atoms with Gasteiger partial charge in [0.1, 0.15) is 5.82 Å². The molecule has 1 heterocycles. The van der Waals surface area contributed by atoms with Crippen LogP contribution < -0.4 is 5.32 Å². The maximum atomic E-state index is 12.9. The van der Waals surface area contributed by atoms with Gasteiger partial charge in [-0.3, -0.25) is 4.79 Å². The van der Waals surface area contributed by atoms with E-state index in [0.717, 1.165) is 0 Å². The molecule has 1 atom stereocenters. The van der Waals surface area contributed by atoms with Crippen LogP contribution in [0.4, 0.5) is 10.1 Å². The second-order valence-electron chi connectivity index (χ2n) is 5.56. The SMILES string of the molecule is CC1(C(=O)Nc2ccc(F)cc2)Cc2cc(Cl)ccc2C(=O)O1. The first-order chi connectivity index (χ1) is 10.9. The first kappa shape index (κ1) is 15.5. The van der Waals surface area contributed by atoms with Crippen molar-refractivity contribution in [3.05, 3.63) is 64.4 Å². The number of nitrogens with one attached hydrogen (secondary N) is 1. The van der Waals surface area contributed by atoms with Crippen LogP contribution in [-0.4, -0.2) is 17.5 Å². The van der Waals surface area contributed by atoms with Crippen LogP contribution in [0.3, 0.4) is 0 Å². The predicted octanol–water partition coefficient (Wildman–Crippen LogP) is 3.59. The van der Waals surface area contributed by atoms with Crippen LogP contribution in [0.2, 0.25) is 5.02 Å². The maximum Gasteiger partial charge on any atom is 0.339 e. The van der Waals surface area contributed by atoms with E-state index in [0.29, 0.717) is 21.8 Å². The minimum absolute atomic E-state index is 0.210. The molecular weight excluding hydrogens is 321 g/mol. The van der Waals surface area contributed by atoms with Crippen molar-refractivity contribution in [3.8, 4) is 0 Å². The minimum atomic E-state index is -1.36. The van der Waals surface area contributed by atoms with E-state index in [4.69, 9.17) is 16.3 Å². The molecule has 6 heteroatoms. The Balaban J connectivity index is 1.85. The third kappa shape index (κ3) is 3.05. The molecule has 2 aromatic rings. The molecule has 4 nitrogen and oxygen atoms in total. The number of fused-ring (bicyclic) bond motifs is 1. The molecule has 0 saturated heterocycles. The van der Waals surface area contributed by atoms with Gasteiger partial charge in [0.25, 0.3) is 5.91 Å². The van der Waals surface area contributed by atoms with Crippen molar-refractivity contribution in [3.63, 3.8) is 0 Å². The first-order valence-corrected chi connectivity index (χ1v) is 7.34. The van der Waals surface area contributed by atoms with Crippen molar-refractivity contribution >= 4 is 29.2 Å². The molecule has 1 aliphatic rings. The Kier molecular flexibility index (Phi) is 3.82. The smallest absolute Gasteiger partial charge is 0.339 e. The summed E-state index contributed by atoms with van der Waals surface area (Å²) in [6, 6.07) is 10.2. The van der Waals surface area contributed by atoms with E-state index in [2.05, 4.69) is 5.32 Å². The fourth-order valence-corrected chi connectivity index (χ4v) is 2.68. The number of benzene rings is 2. The van der Waals surface area contributed by atoms with E-state index in [-0.39, 0.29) is 6.42 Å². The fourth-order valence-electron chi connectivity index (χ4n) is 2.49. The second kappa shape index (κ2) is 5.66. The Morgan fingerprint density at radius 3 is 2.65 bits per heavy atom. The van der Waals surface area contributed by atoms with E-state index >= 15 is 0 Å². The molecule has 0 saturated carbocycles. The summed E-state index contributed by atoms with van der Waals surface area (Å²) in [6.45, 7) is 1.54. The molecule has 0 radical (unpaired) electrons. The molecule has 1 unspecified atom stereocenters. The lowest BCUT2D eigenvalue weighted by molar-refractivity contribution is -0.134. The van der Waals surface area contributed by atoms with Crippen LogP contribution in [-0.2, 0) is 16.0 Å². The van der Waals surface area contributed by atoms with Crippen molar-refractivity contribution in [2.75, 3.05) is 5.32 Å². The molecule has 2 aromatic carbocycles. The van der Waals surface area contributed by atoms with Gasteiger partial charge in [0.2, 0.25) is 0 Å². The number of carbonyl (C=O) groups excluding carboxylic acids is 2. The summed E-state index contributed by atoms with van der Waals surface area (Å²) in [4.78, 5) is 24.6. The molecule has 3 rings (SSSR count). The minimum Gasteiger partial charge on any atom is -0.445 e. The van der Waals surface area contributed by atoms with E-state index in [1.54, 1.807) is 18.2 Å². The van der Waals surface area contributed by atoms with Crippen LogP contribution >= 0.6 is 11.6 Å². The van der Waals surface area contributed by atoms with Crippen LogP contribution in [0.25, 0.3) is 0 Å². The van der Waals surface area contributed by atoms with Crippen LogP contribution in [0.1, 0.15) is 22.8 Å². The summed E-state index contributed by atoms with van der Waals surface area (Å²) in [6.07, 6.45) is 0.210. The van der Waals surface area contributed by atoms with Gasteiger partial charge in [-0.25, -0.2) is 9.18 Å². The highest BCUT2D eigenvalue weighted by atomic mass is 35.5. The first-order valence-electron chi connectivity index (χ1n) is 6.96. The highest BCUT2D eigenvalue weighted by Crippen LogP contribution is 2.31. The molecule has 0 spiro atoms. The highest BCUT2D eigenvalue weighted by Gasteiger charge is 2.42. The zero-order chi connectivity index (χ0) is 16.6. The lowest BCUT2D eigenvalue weighted by Crippen LogP contribution is -2.48. The fraction of sp³-hybridized carbons (Fsp3) is 0.176. The molecule has 118 valence electrons. The molecule has 0 aromatic heterocycles. The van der Waals surface area contributed by atoms with Gasteiger partial charge in [-0.2, -0.15) is 0 Å². The molecular formula is C17H13ClFNO3. The topological polar surface area (TPSA) is 55.4 Å². The van der Waals surface area contributed by atoms with Gasteiger partial charge in [-0.15, -0.1) is 0 Å². The normalized spacial score (nSPS) is 19.7. The molecule has 1 aliphatic heterocycles. The van der Waals surface area contributed by atoms with Gasteiger partial charge in [0.05, 0.1) is 5.56 Å². The highest BCUT2D eigenvalue weighted by molar-refractivity contribution is 6.30. The summed E-state index contributed by atoms with van der Waals surface area (Å²) >= 11 is 5.95. The molecule has 0 fully saturated rings. The number of halogens is 2. The average Bonchev–Trinajstić information content (AvgIpc) is 2.48. The summed E-state index contributed by atoms with van der Waals surface area (Å²) in [5.74, 6) is -1.45. The number of carbonyl (C=O) groups is 2.